The Balaban J connectivity index is 1.39. The summed E-state index contributed by atoms with van der Waals surface area (Å²) >= 11 is 1.26. The van der Waals surface area contributed by atoms with Crippen LogP contribution in [0.3, 0.4) is 0 Å². The van der Waals surface area contributed by atoms with E-state index in [1.807, 2.05) is 66.7 Å². The van der Waals surface area contributed by atoms with Crippen LogP contribution in [0.4, 0.5) is 10.1 Å². The van der Waals surface area contributed by atoms with Crippen LogP contribution in [-0.4, -0.2) is 17.6 Å². The van der Waals surface area contributed by atoms with Crippen LogP contribution in [0.2, 0.25) is 0 Å². The van der Waals surface area contributed by atoms with E-state index in [1.165, 1.54) is 23.5 Å². The molecule has 4 aromatic carbocycles. The van der Waals surface area contributed by atoms with Crippen molar-refractivity contribution >= 4 is 29.0 Å². The van der Waals surface area contributed by atoms with Gasteiger partial charge in [-0.05, 0) is 78.2 Å². The molecule has 0 radical (unpaired) electrons. The third-order valence-corrected chi connectivity index (χ3v) is 8.17. The van der Waals surface area contributed by atoms with Crippen LogP contribution in [0.5, 0.6) is 11.5 Å². The molecule has 1 aliphatic heterocycles. The second-order valence-electron chi connectivity index (χ2n) is 10.2. The topological polar surface area (TPSA) is 81.9 Å². The van der Waals surface area contributed by atoms with E-state index in [-0.39, 0.29) is 23.9 Å². The van der Waals surface area contributed by atoms with Gasteiger partial charge in [0.05, 0.1) is 29.0 Å². The highest BCUT2D eigenvalue weighted by Crippen LogP contribution is 2.32. The molecule has 0 fully saturated rings. The number of ether oxygens (including phenoxy) is 2. The molecule has 6 rings (SSSR count). The Bertz CT molecular complexity index is 2050. The van der Waals surface area contributed by atoms with Crippen LogP contribution in [0, 0.1) is 5.82 Å². The molecule has 2 heterocycles. The summed E-state index contributed by atoms with van der Waals surface area (Å²) in [4.78, 5) is 33.0. The number of nitrogens with one attached hydrogen (secondary N) is 1. The molecule has 9 heteroatoms. The summed E-state index contributed by atoms with van der Waals surface area (Å²) in [6.07, 6.45) is 1.79. The van der Waals surface area contributed by atoms with Gasteiger partial charge in [-0.25, -0.2) is 9.38 Å². The minimum atomic E-state index is -0.724. The Morgan fingerprint density at radius 1 is 0.977 bits per heavy atom. The summed E-state index contributed by atoms with van der Waals surface area (Å²) in [6.45, 7) is 2.06. The van der Waals surface area contributed by atoms with E-state index in [9.17, 15) is 14.0 Å². The van der Waals surface area contributed by atoms with E-state index in [2.05, 4.69) is 5.32 Å². The van der Waals surface area contributed by atoms with Gasteiger partial charge in [0.25, 0.3) is 11.5 Å². The molecule has 1 aromatic heterocycles. The van der Waals surface area contributed by atoms with Crippen LogP contribution in [-0.2, 0) is 11.4 Å². The average Bonchev–Trinajstić information content (AvgIpc) is 3.34. The first-order valence-corrected chi connectivity index (χ1v) is 14.7. The molecule has 1 amide bonds. The van der Waals surface area contributed by atoms with Gasteiger partial charge in [-0.1, -0.05) is 65.9 Å². The van der Waals surface area contributed by atoms with E-state index >= 15 is 0 Å². The minimum Gasteiger partial charge on any atom is -0.497 e. The van der Waals surface area contributed by atoms with E-state index < -0.39 is 6.04 Å². The minimum absolute atomic E-state index is 0.267. The SMILES string of the molecule is COc1cccc([C@H]2C(C(=O)Nc3ccccc3)=C(C)N=c3s/c(=C\c4cccc(OCc5ccc(F)cc5)c4)c(=O)n32)c1. The lowest BCUT2D eigenvalue weighted by atomic mass is 9.95. The largest absolute Gasteiger partial charge is 0.497 e. The third kappa shape index (κ3) is 6.09. The van der Waals surface area contributed by atoms with Crippen molar-refractivity contribution in [1.29, 1.82) is 0 Å². The number of hydrogen-bond donors (Lipinski definition) is 1. The van der Waals surface area contributed by atoms with Gasteiger partial charge in [-0.2, -0.15) is 0 Å². The fourth-order valence-electron chi connectivity index (χ4n) is 5.05. The number of methoxy groups -OCH3 is 1. The lowest BCUT2D eigenvalue weighted by Gasteiger charge is -2.25. The molecule has 220 valence electrons. The van der Waals surface area contributed by atoms with Crippen molar-refractivity contribution in [1.82, 2.24) is 4.57 Å². The lowest BCUT2D eigenvalue weighted by molar-refractivity contribution is -0.113. The van der Waals surface area contributed by atoms with E-state index in [0.717, 1.165) is 16.7 Å². The number of carbonyl (C=O) groups is 1. The Labute approximate surface area is 256 Å². The molecule has 44 heavy (non-hydrogen) atoms. The van der Waals surface area contributed by atoms with Crippen molar-refractivity contribution < 1.29 is 18.7 Å². The molecule has 5 aromatic rings. The zero-order valence-corrected chi connectivity index (χ0v) is 24.8. The summed E-state index contributed by atoms with van der Waals surface area (Å²) in [5, 5.41) is 2.96. The fourth-order valence-corrected chi connectivity index (χ4v) is 6.10. The second kappa shape index (κ2) is 12.5. The maximum absolute atomic E-state index is 14.0. The maximum atomic E-state index is 14.0. The molecule has 1 atom stereocenters. The molecule has 7 nitrogen and oxygen atoms in total. The van der Waals surface area contributed by atoms with Gasteiger partial charge in [0, 0.05) is 5.69 Å². The molecular weight excluding hydrogens is 577 g/mol. The molecular formula is C35H28FN3O4S. The fraction of sp³-hybridized carbons (Fsp3) is 0.114. The summed E-state index contributed by atoms with van der Waals surface area (Å²) in [5.41, 5.74) is 3.60. The van der Waals surface area contributed by atoms with Gasteiger partial charge in [0.15, 0.2) is 4.80 Å². The first-order chi connectivity index (χ1) is 21.4. The third-order valence-electron chi connectivity index (χ3n) is 7.18. The highest BCUT2D eigenvalue weighted by atomic mass is 32.1. The Morgan fingerprint density at radius 3 is 2.50 bits per heavy atom. The molecule has 0 aliphatic carbocycles. The van der Waals surface area contributed by atoms with Crippen LogP contribution in [0.25, 0.3) is 6.08 Å². The molecule has 1 aliphatic rings. The first kappa shape index (κ1) is 28.8. The standard InChI is InChI=1S/C35H28FN3O4S/c1-22-31(33(40)38-27-10-4-3-5-11-27)32(25-9-7-12-28(20-25)42-2)39-34(41)30(44-35(39)37-22)19-24-8-6-13-29(18-24)43-21-23-14-16-26(36)17-15-23/h3-20,32H,21H2,1-2H3,(H,38,40)/b30-19-/t32-/m0/s1. The molecule has 0 unspecified atom stereocenters. The molecule has 0 bridgehead atoms. The summed E-state index contributed by atoms with van der Waals surface area (Å²) in [6, 6.07) is 29.3. The quantitative estimate of drug-likeness (QED) is 0.250. The van der Waals surface area contributed by atoms with Crippen molar-refractivity contribution in [2.24, 2.45) is 4.99 Å². The van der Waals surface area contributed by atoms with E-state index in [4.69, 9.17) is 14.5 Å². The molecule has 1 N–H and O–H groups in total. The second-order valence-corrected chi connectivity index (χ2v) is 11.2. The van der Waals surface area contributed by atoms with Gasteiger partial charge in [-0.15, -0.1) is 0 Å². The van der Waals surface area contributed by atoms with E-state index in [0.29, 0.717) is 37.8 Å². The summed E-state index contributed by atoms with van der Waals surface area (Å²) in [5.74, 6) is 0.580. The highest BCUT2D eigenvalue weighted by Gasteiger charge is 2.32. The number of carbonyl (C=O) groups excluding carboxylic acids is 1. The normalized spacial score (nSPS) is 14.5. The molecule has 0 saturated carbocycles. The zero-order valence-electron chi connectivity index (χ0n) is 24.0. The number of para-hydroxylation sites is 1. The monoisotopic (exact) mass is 605 g/mol. The van der Waals surface area contributed by atoms with Crippen molar-refractivity contribution in [3.05, 3.63) is 157 Å². The number of halogens is 1. The van der Waals surface area contributed by atoms with Gasteiger partial charge in [0.2, 0.25) is 0 Å². The van der Waals surface area contributed by atoms with Gasteiger partial charge in [0.1, 0.15) is 23.9 Å². The molecule has 0 saturated heterocycles. The predicted octanol–water partition coefficient (Wildman–Crippen LogP) is 5.60. The number of nitrogens with zero attached hydrogens (tertiary/aromatic N) is 2. The van der Waals surface area contributed by atoms with Gasteiger partial charge in [-0.3, -0.25) is 14.2 Å². The van der Waals surface area contributed by atoms with Crippen LogP contribution >= 0.6 is 11.3 Å². The number of rotatable bonds is 8. The summed E-state index contributed by atoms with van der Waals surface area (Å²) in [7, 11) is 1.58. The lowest BCUT2D eigenvalue weighted by Crippen LogP contribution is -2.40. The highest BCUT2D eigenvalue weighted by molar-refractivity contribution is 7.07. The number of benzene rings is 4. The van der Waals surface area contributed by atoms with Crippen molar-refractivity contribution in [2.45, 2.75) is 19.6 Å². The number of allylic oxidation sites excluding steroid dienone is 1. The zero-order chi connectivity index (χ0) is 30.6. The Morgan fingerprint density at radius 2 is 1.73 bits per heavy atom. The number of hydrogen-bond acceptors (Lipinski definition) is 6. The number of amides is 1. The summed E-state index contributed by atoms with van der Waals surface area (Å²) < 4.78 is 26.7. The van der Waals surface area contributed by atoms with Crippen molar-refractivity contribution in [2.75, 3.05) is 12.4 Å². The van der Waals surface area contributed by atoms with E-state index in [1.54, 1.807) is 48.9 Å². The maximum Gasteiger partial charge on any atom is 0.271 e. The van der Waals surface area contributed by atoms with Crippen LogP contribution in [0.15, 0.2) is 124 Å². The Hall–Kier alpha value is -5.28. The Kier molecular flexibility index (Phi) is 8.21. The van der Waals surface area contributed by atoms with Gasteiger partial charge >= 0.3 is 0 Å². The number of fused-ring (bicyclic) bond motifs is 1. The number of aromatic nitrogens is 1. The number of anilines is 1. The smallest absolute Gasteiger partial charge is 0.271 e. The molecule has 0 spiro atoms. The number of thiazole rings is 1. The first-order valence-electron chi connectivity index (χ1n) is 13.9. The van der Waals surface area contributed by atoms with Crippen molar-refractivity contribution in [3.8, 4) is 11.5 Å². The average molecular weight is 606 g/mol. The van der Waals surface area contributed by atoms with Crippen LogP contribution < -0.4 is 29.7 Å². The van der Waals surface area contributed by atoms with Crippen molar-refractivity contribution in [3.63, 3.8) is 0 Å². The van der Waals surface area contributed by atoms with Crippen LogP contribution in [0.1, 0.15) is 29.7 Å². The van der Waals surface area contributed by atoms with Gasteiger partial charge < -0.3 is 14.8 Å². The predicted molar refractivity (Wildman–Crippen MR) is 169 cm³/mol.